The molecule has 1 aliphatic rings. The summed E-state index contributed by atoms with van der Waals surface area (Å²) in [4.78, 5) is 1.77. The van der Waals surface area contributed by atoms with E-state index in [9.17, 15) is 21.6 Å². The van der Waals surface area contributed by atoms with Gasteiger partial charge in [-0.15, -0.1) is 0 Å². The molecule has 3 aromatic rings. The Kier molecular flexibility index (Phi) is 4.74. The molecule has 0 fully saturated rings. The van der Waals surface area contributed by atoms with Gasteiger partial charge in [-0.25, -0.2) is 12.4 Å². The highest BCUT2D eigenvalue weighted by Crippen LogP contribution is 2.37. The van der Waals surface area contributed by atoms with Crippen molar-refractivity contribution in [2.45, 2.75) is 36.4 Å². The van der Waals surface area contributed by atoms with E-state index in [0.717, 1.165) is 29.5 Å². The number of aromatic nitrogens is 1. The predicted octanol–water partition coefficient (Wildman–Crippen LogP) is 4.32. The van der Waals surface area contributed by atoms with Crippen LogP contribution in [0.3, 0.4) is 0 Å². The number of benzene rings is 2. The van der Waals surface area contributed by atoms with Crippen molar-refractivity contribution in [2.24, 2.45) is 0 Å². The van der Waals surface area contributed by atoms with Gasteiger partial charge in [-0.1, -0.05) is 24.3 Å². The monoisotopic (exact) mass is 422 g/mol. The molecule has 4 rings (SSSR count). The largest absolute Gasteiger partial charge is 0.416 e. The van der Waals surface area contributed by atoms with E-state index in [0.29, 0.717) is 30.1 Å². The number of hydrogen-bond acceptors (Lipinski definition) is 3. The van der Waals surface area contributed by atoms with Gasteiger partial charge in [0.25, 0.3) is 10.0 Å². The van der Waals surface area contributed by atoms with Gasteiger partial charge in [-0.05, 0) is 63.2 Å². The standard InChI is InChI=1S/C21H21F3N2O2S/c1-25(2)15-10-11-20-18(13-15)17-8-3-4-9-19(17)26(20)29(27,28)16-7-5-6-14(12-16)21(22,23)24/h3-9,12,15H,10-11,13H2,1-2H3. The van der Waals surface area contributed by atoms with Gasteiger partial charge in [0.15, 0.2) is 0 Å². The summed E-state index contributed by atoms with van der Waals surface area (Å²) in [5.74, 6) is 0. The Labute approximate surface area is 167 Å². The molecule has 2 aromatic carbocycles. The minimum absolute atomic E-state index is 0.290. The van der Waals surface area contributed by atoms with E-state index >= 15 is 0 Å². The summed E-state index contributed by atoms with van der Waals surface area (Å²) in [5, 5.41) is 0.838. The third-order valence-electron chi connectivity index (χ3n) is 5.63. The quantitative estimate of drug-likeness (QED) is 0.632. The van der Waals surface area contributed by atoms with Crippen LogP contribution in [-0.2, 0) is 29.0 Å². The van der Waals surface area contributed by atoms with Crippen LogP contribution in [0.15, 0.2) is 53.4 Å². The van der Waals surface area contributed by atoms with E-state index in [2.05, 4.69) is 4.90 Å². The van der Waals surface area contributed by atoms with Crippen molar-refractivity contribution in [3.8, 4) is 0 Å². The van der Waals surface area contributed by atoms with Gasteiger partial charge in [0.1, 0.15) is 0 Å². The topological polar surface area (TPSA) is 42.3 Å². The molecule has 1 aliphatic carbocycles. The molecule has 0 spiro atoms. The lowest BCUT2D eigenvalue weighted by molar-refractivity contribution is -0.137. The number of para-hydroxylation sites is 1. The van der Waals surface area contributed by atoms with Crippen molar-refractivity contribution in [1.82, 2.24) is 8.87 Å². The smallest absolute Gasteiger partial charge is 0.306 e. The molecule has 1 heterocycles. The second-order valence-electron chi connectivity index (χ2n) is 7.60. The van der Waals surface area contributed by atoms with Crippen molar-refractivity contribution in [3.63, 3.8) is 0 Å². The van der Waals surface area contributed by atoms with Gasteiger partial charge < -0.3 is 4.90 Å². The summed E-state index contributed by atoms with van der Waals surface area (Å²) >= 11 is 0. The summed E-state index contributed by atoms with van der Waals surface area (Å²) in [6.07, 6.45) is -2.57. The first-order chi connectivity index (χ1) is 13.6. The maximum Gasteiger partial charge on any atom is 0.416 e. The van der Waals surface area contributed by atoms with Crippen molar-refractivity contribution >= 4 is 20.9 Å². The van der Waals surface area contributed by atoms with E-state index in [-0.39, 0.29) is 10.9 Å². The van der Waals surface area contributed by atoms with Gasteiger partial charge in [-0.2, -0.15) is 13.2 Å². The number of hydrogen-bond donors (Lipinski definition) is 0. The molecular formula is C21H21F3N2O2S. The van der Waals surface area contributed by atoms with Crippen LogP contribution in [-0.4, -0.2) is 37.4 Å². The lowest BCUT2D eigenvalue weighted by Crippen LogP contribution is -2.34. The van der Waals surface area contributed by atoms with E-state index in [1.165, 1.54) is 10.0 Å². The zero-order valence-electron chi connectivity index (χ0n) is 16.1. The number of nitrogens with zero attached hydrogens (tertiary/aromatic N) is 2. The van der Waals surface area contributed by atoms with Crippen LogP contribution in [0.5, 0.6) is 0 Å². The van der Waals surface area contributed by atoms with Crippen molar-refractivity contribution < 1.29 is 21.6 Å². The van der Waals surface area contributed by atoms with E-state index in [4.69, 9.17) is 0 Å². The molecular weight excluding hydrogens is 401 g/mol. The molecule has 0 radical (unpaired) electrons. The molecule has 0 amide bonds. The highest BCUT2D eigenvalue weighted by molar-refractivity contribution is 7.90. The third-order valence-corrected chi connectivity index (χ3v) is 7.37. The van der Waals surface area contributed by atoms with Crippen LogP contribution >= 0.6 is 0 Å². The fraction of sp³-hybridized carbons (Fsp3) is 0.333. The Morgan fingerprint density at radius 3 is 2.48 bits per heavy atom. The molecule has 0 aliphatic heterocycles. The molecule has 0 N–H and O–H groups in total. The van der Waals surface area contributed by atoms with Crippen molar-refractivity contribution in [1.29, 1.82) is 0 Å². The highest BCUT2D eigenvalue weighted by Gasteiger charge is 2.34. The van der Waals surface area contributed by atoms with Gasteiger partial charge in [0.05, 0.1) is 16.0 Å². The van der Waals surface area contributed by atoms with Crippen LogP contribution in [0.4, 0.5) is 13.2 Å². The zero-order valence-corrected chi connectivity index (χ0v) is 16.9. The number of alkyl halides is 3. The molecule has 0 bridgehead atoms. The first-order valence-electron chi connectivity index (χ1n) is 9.31. The van der Waals surface area contributed by atoms with Gasteiger partial charge in [-0.3, -0.25) is 0 Å². The second-order valence-corrected chi connectivity index (χ2v) is 9.38. The van der Waals surface area contributed by atoms with E-state index in [1.807, 2.05) is 26.2 Å². The van der Waals surface area contributed by atoms with Crippen LogP contribution < -0.4 is 0 Å². The summed E-state index contributed by atoms with van der Waals surface area (Å²) in [7, 11) is -0.193. The average molecular weight is 422 g/mol. The molecule has 1 atom stereocenters. The summed E-state index contributed by atoms with van der Waals surface area (Å²) < 4.78 is 67.6. The second kappa shape index (κ2) is 6.88. The predicted molar refractivity (Wildman–Crippen MR) is 105 cm³/mol. The van der Waals surface area contributed by atoms with Crippen LogP contribution in [0.2, 0.25) is 0 Å². The minimum Gasteiger partial charge on any atom is -0.306 e. The van der Waals surface area contributed by atoms with Crippen LogP contribution in [0, 0.1) is 0 Å². The molecule has 0 saturated heterocycles. The SMILES string of the molecule is CN(C)C1CCc2c(c3ccccc3n2S(=O)(=O)c2cccc(C(F)(F)F)c2)C1. The molecule has 8 heteroatoms. The first-order valence-corrected chi connectivity index (χ1v) is 10.7. The summed E-state index contributed by atoms with van der Waals surface area (Å²) in [6.45, 7) is 0. The minimum atomic E-state index is -4.61. The number of rotatable bonds is 3. The van der Waals surface area contributed by atoms with Crippen LogP contribution in [0.1, 0.15) is 23.2 Å². The Balaban J connectivity index is 1.93. The van der Waals surface area contributed by atoms with Crippen molar-refractivity contribution in [3.05, 3.63) is 65.4 Å². The molecule has 29 heavy (non-hydrogen) atoms. The molecule has 1 unspecified atom stereocenters. The average Bonchev–Trinajstić information content (AvgIpc) is 3.02. The fourth-order valence-electron chi connectivity index (χ4n) is 4.10. The number of fused-ring (bicyclic) bond motifs is 3. The Bertz CT molecular complexity index is 1180. The van der Waals surface area contributed by atoms with Crippen LogP contribution in [0.25, 0.3) is 10.9 Å². The summed E-state index contributed by atoms with van der Waals surface area (Å²) in [6, 6.07) is 11.4. The Morgan fingerprint density at radius 2 is 1.79 bits per heavy atom. The Morgan fingerprint density at radius 1 is 1.07 bits per heavy atom. The maximum atomic E-state index is 13.5. The molecule has 154 valence electrons. The summed E-state index contributed by atoms with van der Waals surface area (Å²) in [5.41, 5.74) is 1.16. The lowest BCUT2D eigenvalue weighted by atomic mass is 9.91. The van der Waals surface area contributed by atoms with Gasteiger partial charge >= 0.3 is 6.18 Å². The number of halogens is 3. The van der Waals surface area contributed by atoms with Gasteiger partial charge in [0.2, 0.25) is 0 Å². The zero-order chi connectivity index (χ0) is 21.0. The maximum absolute atomic E-state index is 13.5. The molecule has 0 saturated carbocycles. The lowest BCUT2D eigenvalue weighted by Gasteiger charge is -2.29. The molecule has 1 aromatic heterocycles. The normalized spacial score (nSPS) is 17.7. The fourth-order valence-corrected chi connectivity index (χ4v) is 5.75. The Hall–Kier alpha value is -2.32. The molecule has 4 nitrogen and oxygen atoms in total. The highest BCUT2D eigenvalue weighted by atomic mass is 32.2. The van der Waals surface area contributed by atoms with Gasteiger partial charge in [0, 0.05) is 17.1 Å². The van der Waals surface area contributed by atoms with Crippen molar-refractivity contribution in [2.75, 3.05) is 14.1 Å². The van der Waals surface area contributed by atoms with E-state index in [1.54, 1.807) is 12.1 Å². The van der Waals surface area contributed by atoms with E-state index < -0.39 is 21.8 Å². The number of likely N-dealkylation sites (N-methyl/N-ethyl adjacent to an activating group) is 1. The third kappa shape index (κ3) is 3.34. The first kappa shape index (κ1) is 20.0.